The lowest BCUT2D eigenvalue weighted by molar-refractivity contribution is 0.180. The Hall–Kier alpha value is -1.58. The highest BCUT2D eigenvalue weighted by molar-refractivity contribution is 5.26. The normalized spacial score (nSPS) is 18.7. The molecule has 1 fully saturated rings. The molecule has 0 radical (unpaired) electrons. The maximum absolute atomic E-state index is 5.64. The van der Waals surface area contributed by atoms with Crippen LogP contribution in [-0.2, 0) is 0 Å². The lowest BCUT2D eigenvalue weighted by atomic mass is 10.0. The Labute approximate surface area is 107 Å². The van der Waals surface area contributed by atoms with Crippen LogP contribution in [0.2, 0.25) is 0 Å². The average molecular weight is 242 g/mol. The van der Waals surface area contributed by atoms with Gasteiger partial charge in [-0.25, -0.2) is 0 Å². The van der Waals surface area contributed by atoms with Gasteiger partial charge >= 0.3 is 0 Å². The Morgan fingerprint density at radius 3 is 2.44 bits per heavy atom. The smallest absolute Gasteiger partial charge is 0.125 e. The van der Waals surface area contributed by atoms with E-state index in [-0.39, 0.29) is 6.04 Å². The van der Waals surface area contributed by atoms with Crippen molar-refractivity contribution in [2.75, 3.05) is 26.2 Å². The van der Waals surface area contributed by atoms with Crippen LogP contribution >= 0.6 is 0 Å². The largest absolute Gasteiger partial charge is 0.467 e. The summed E-state index contributed by atoms with van der Waals surface area (Å²) in [6, 6.07) is 14.9. The summed E-state index contributed by atoms with van der Waals surface area (Å²) >= 11 is 0. The predicted octanol–water partition coefficient (Wildman–Crippen LogP) is 2.27. The second-order valence-electron chi connectivity index (χ2n) is 4.61. The molecule has 3 rings (SSSR count). The van der Waals surface area contributed by atoms with E-state index in [0.717, 1.165) is 31.9 Å². The molecule has 1 aliphatic rings. The number of rotatable bonds is 3. The Morgan fingerprint density at radius 2 is 1.78 bits per heavy atom. The molecule has 18 heavy (non-hydrogen) atoms. The molecule has 2 aromatic rings. The van der Waals surface area contributed by atoms with E-state index in [0.29, 0.717) is 0 Å². The minimum absolute atomic E-state index is 0.239. The molecule has 1 aliphatic heterocycles. The highest BCUT2D eigenvalue weighted by Gasteiger charge is 2.25. The third-order valence-corrected chi connectivity index (χ3v) is 3.44. The second-order valence-corrected chi connectivity index (χ2v) is 4.61. The first-order chi connectivity index (χ1) is 8.95. The third kappa shape index (κ3) is 2.33. The zero-order chi connectivity index (χ0) is 12.2. The van der Waals surface area contributed by atoms with Gasteiger partial charge in [-0.1, -0.05) is 30.3 Å². The van der Waals surface area contributed by atoms with Crippen LogP contribution < -0.4 is 5.32 Å². The Morgan fingerprint density at radius 1 is 1.00 bits per heavy atom. The molecule has 0 amide bonds. The van der Waals surface area contributed by atoms with Crippen molar-refractivity contribution in [1.82, 2.24) is 10.2 Å². The Kier molecular flexibility index (Phi) is 3.44. The van der Waals surface area contributed by atoms with Crippen LogP contribution in [0.5, 0.6) is 0 Å². The second kappa shape index (κ2) is 5.38. The number of hydrogen-bond donors (Lipinski definition) is 1. The molecule has 3 nitrogen and oxygen atoms in total. The monoisotopic (exact) mass is 242 g/mol. The van der Waals surface area contributed by atoms with Gasteiger partial charge in [0.15, 0.2) is 0 Å². The molecule has 1 aromatic heterocycles. The Balaban J connectivity index is 1.93. The first-order valence-corrected chi connectivity index (χ1v) is 6.48. The fourth-order valence-corrected chi connectivity index (χ4v) is 2.58. The van der Waals surface area contributed by atoms with E-state index >= 15 is 0 Å². The summed E-state index contributed by atoms with van der Waals surface area (Å²) < 4.78 is 5.64. The summed E-state index contributed by atoms with van der Waals surface area (Å²) in [6.45, 7) is 4.20. The lowest BCUT2D eigenvalue weighted by Crippen LogP contribution is -2.45. The van der Waals surface area contributed by atoms with Crippen LogP contribution in [0.15, 0.2) is 53.1 Å². The summed E-state index contributed by atoms with van der Waals surface area (Å²) in [7, 11) is 0. The quantitative estimate of drug-likeness (QED) is 0.895. The van der Waals surface area contributed by atoms with E-state index in [1.165, 1.54) is 5.56 Å². The average Bonchev–Trinajstić information content (AvgIpc) is 2.95. The van der Waals surface area contributed by atoms with E-state index < -0.39 is 0 Å². The van der Waals surface area contributed by atoms with Crippen LogP contribution in [-0.4, -0.2) is 31.1 Å². The molecule has 1 saturated heterocycles. The van der Waals surface area contributed by atoms with Crippen molar-refractivity contribution in [1.29, 1.82) is 0 Å². The van der Waals surface area contributed by atoms with E-state index in [9.17, 15) is 0 Å². The summed E-state index contributed by atoms with van der Waals surface area (Å²) in [5.41, 5.74) is 1.30. The van der Waals surface area contributed by atoms with Crippen molar-refractivity contribution in [2.45, 2.75) is 6.04 Å². The number of hydrogen-bond acceptors (Lipinski definition) is 3. The van der Waals surface area contributed by atoms with Crippen LogP contribution in [0.25, 0.3) is 0 Å². The molecule has 0 spiro atoms. The lowest BCUT2D eigenvalue weighted by Gasteiger charge is -2.34. The molecule has 94 valence electrons. The van der Waals surface area contributed by atoms with Gasteiger partial charge in [0.2, 0.25) is 0 Å². The van der Waals surface area contributed by atoms with Gasteiger partial charge < -0.3 is 9.73 Å². The molecular weight excluding hydrogens is 224 g/mol. The SMILES string of the molecule is c1ccc(C(c2ccco2)N2CCNCC2)cc1. The maximum Gasteiger partial charge on any atom is 0.125 e. The van der Waals surface area contributed by atoms with Crippen LogP contribution in [0.1, 0.15) is 17.4 Å². The van der Waals surface area contributed by atoms with E-state index in [1.54, 1.807) is 6.26 Å². The van der Waals surface area contributed by atoms with Crippen molar-refractivity contribution in [3.8, 4) is 0 Å². The van der Waals surface area contributed by atoms with E-state index in [1.807, 2.05) is 6.07 Å². The van der Waals surface area contributed by atoms with Gasteiger partial charge in [-0.3, -0.25) is 4.90 Å². The summed E-state index contributed by atoms with van der Waals surface area (Å²) in [5.74, 6) is 1.03. The summed E-state index contributed by atoms with van der Waals surface area (Å²) in [4.78, 5) is 2.48. The van der Waals surface area contributed by atoms with E-state index in [4.69, 9.17) is 4.42 Å². The van der Waals surface area contributed by atoms with Crippen molar-refractivity contribution in [2.24, 2.45) is 0 Å². The van der Waals surface area contributed by atoms with Gasteiger partial charge in [0, 0.05) is 26.2 Å². The summed E-state index contributed by atoms with van der Waals surface area (Å²) in [5, 5.41) is 3.39. The molecule has 2 heterocycles. The molecule has 1 unspecified atom stereocenters. The van der Waals surface area contributed by atoms with Crippen molar-refractivity contribution in [3.05, 3.63) is 60.1 Å². The van der Waals surface area contributed by atoms with Gasteiger partial charge in [-0.2, -0.15) is 0 Å². The molecule has 1 aromatic carbocycles. The predicted molar refractivity (Wildman–Crippen MR) is 71.4 cm³/mol. The molecule has 3 heteroatoms. The Bertz CT molecular complexity index is 461. The van der Waals surface area contributed by atoms with Gasteiger partial charge in [-0.15, -0.1) is 0 Å². The first kappa shape index (κ1) is 11.5. The first-order valence-electron chi connectivity index (χ1n) is 6.48. The van der Waals surface area contributed by atoms with Crippen molar-refractivity contribution >= 4 is 0 Å². The number of benzene rings is 1. The van der Waals surface area contributed by atoms with Gasteiger partial charge in [0.05, 0.1) is 12.3 Å². The van der Waals surface area contributed by atoms with Crippen LogP contribution in [0, 0.1) is 0 Å². The summed E-state index contributed by atoms with van der Waals surface area (Å²) in [6.07, 6.45) is 1.76. The fraction of sp³-hybridized carbons (Fsp3) is 0.333. The molecule has 0 saturated carbocycles. The van der Waals surface area contributed by atoms with Crippen molar-refractivity contribution < 1.29 is 4.42 Å². The minimum atomic E-state index is 0.239. The fourth-order valence-electron chi connectivity index (χ4n) is 2.58. The van der Waals surface area contributed by atoms with Gasteiger partial charge in [-0.05, 0) is 17.7 Å². The van der Waals surface area contributed by atoms with Crippen molar-refractivity contribution in [3.63, 3.8) is 0 Å². The number of nitrogens with zero attached hydrogens (tertiary/aromatic N) is 1. The molecule has 0 bridgehead atoms. The number of nitrogens with one attached hydrogen (secondary N) is 1. The molecule has 0 aliphatic carbocycles. The highest BCUT2D eigenvalue weighted by atomic mass is 16.3. The highest BCUT2D eigenvalue weighted by Crippen LogP contribution is 2.28. The number of piperazine rings is 1. The zero-order valence-corrected chi connectivity index (χ0v) is 10.4. The topological polar surface area (TPSA) is 28.4 Å². The number of furan rings is 1. The molecular formula is C15H18N2O. The van der Waals surface area contributed by atoms with E-state index in [2.05, 4.69) is 46.6 Å². The van der Waals surface area contributed by atoms with Gasteiger partial charge in [0.1, 0.15) is 5.76 Å². The zero-order valence-electron chi connectivity index (χ0n) is 10.4. The molecule has 1 atom stereocenters. The van der Waals surface area contributed by atoms with Crippen LogP contribution in [0.4, 0.5) is 0 Å². The third-order valence-electron chi connectivity index (χ3n) is 3.44. The van der Waals surface area contributed by atoms with Crippen LogP contribution in [0.3, 0.4) is 0 Å². The van der Waals surface area contributed by atoms with Gasteiger partial charge in [0.25, 0.3) is 0 Å². The minimum Gasteiger partial charge on any atom is -0.467 e. The molecule has 1 N–H and O–H groups in total. The maximum atomic E-state index is 5.64. The standard InChI is InChI=1S/C15H18N2O/c1-2-5-13(6-3-1)15(14-7-4-12-18-14)17-10-8-16-9-11-17/h1-7,12,15-16H,8-11H2.